The van der Waals surface area contributed by atoms with Crippen molar-refractivity contribution < 1.29 is 4.79 Å². The van der Waals surface area contributed by atoms with Crippen LogP contribution in [0.15, 0.2) is 24.7 Å². The van der Waals surface area contributed by atoms with E-state index in [0.717, 1.165) is 11.3 Å². The molecule has 7 heteroatoms. The van der Waals surface area contributed by atoms with Crippen LogP contribution in [0.5, 0.6) is 0 Å². The zero-order valence-electron chi connectivity index (χ0n) is 12.3. The van der Waals surface area contributed by atoms with Gasteiger partial charge in [0.25, 0.3) is 0 Å². The van der Waals surface area contributed by atoms with E-state index in [4.69, 9.17) is 0 Å². The number of likely N-dealkylation sites (tertiary alicyclic amines) is 1. The van der Waals surface area contributed by atoms with E-state index in [2.05, 4.69) is 20.4 Å². The average molecular weight is 286 g/mol. The lowest BCUT2D eigenvalue weighted by Gasteiger charge is -2.25. The van der Waals surface area contributed by atoms with Crippen molar-refractivity contribution in [3.63, 3.8) is 0 Å². The minimum atomic E-state index is -0.0622. The summed E-state index contributed by atoms with van der Waals surface area (Å²) in [7, 11) is 3.73. The van der Waals surface area contributed by atoms with Crippen molar-refractivity contribution in [1.82, 2.24) is 24.6 Å². The van der Waals surface area contributed by atoms with Crippen LogP contribution in [0.25, 0.3) is 0 Å². The van der Waals surface area contributed by atoms with E-state index in [-0.39, 0.29) is 18.0 Å². The number of nitrogens with one attached hydrogen (secondary N) is 1. The maximum absolute atomic E-state index is 12.1. The first-order valence-electron chi connectivity index (χ1n) is 6.85. The van der Waals surface area contributed by atoms with E-state index in [9.17, 15) is 4.79 Å². The Labute approximate surface area is 123 Å². The quantitative estimate of drug-likeness (QED) is 0.907. The molecule has 2 atom stereocenters. The molecule has 0 bridgehead atoms. The Bertz CT molecular complexity index is 653. The monoisotopic (exact) mass is 286 g/mol. The standard InChI is InChI=1S/C14H18N6O/c1-9-10(8-17-20(9)3)13-11(7-12(21)19(13)2)18-14-15-5-4-6-16-14/h4-6,8,11,13H,7H2,1-3H3,(H,15,16,18)/t11-,13+/m1/s1. The van der Waals surface area contributed by atoms with Crippen molar-refractivity contribution in [1.29, 1.82) is 0 Å². The lowest BCUT2D eigenvalue weighted by atomic mass is 10.0. The molecule has 1 aliphatic heterocycles. The molecule has 0 saturated carbocycles. The van der Waals surface area contributed by atoms with Crippen LogP contribution in [0.1, 0.15) is 23.7 Å². The highest BCUT2D eigenvalue weighted by Gasteiger charge is 2.40. The molecule has 1 aliphatic rings. The molecule has 3 heterocycles. The van der Waals surface area contributed by atoms with Crippen molar-refractivity contribution in [3.8, 4) is 0 Å². The Morgan fingerprint density at radius 2 is 2.00 bits per heavy atom. The number of carbonyl (C=O) groups excluding carboxylic acids is 1. The van der Waals surface area contributed by atoms with Crippen LogP contribution in [0.3, 0.4) is 0 Å². The second-order valence-corrected chi connectivity index (χ2v) is 5.29. The Balaban J connectivity index is 1.91. The van der Waals surface area contributed by atoms with Crippen LogP contribution in [-0.4, -0.2) is 43.6 Å². The summed E-state index contributed by atoms with van der Waals surface area (Å²) in [6, 6.07) is 1.64. The first kappa shape index (κ1) is 13.5. The number of carbonyl (C=O) groups is 1. The summed E-state index contributed by atoms with van der Waals surface area (Å²) >= 11 is 0. The molecule has 7 nitrogen and oxygen atoms in total. The lowest BCUT2D eigenvalue weighted by molar-refractivity contribution is -0.127. The lowest BCUT2D eigenvalue weighted by Crippen LogP contribution is -2.30. The number of anilines is 1. The summed E-state index contributed by atoms with van der Waals surface area (Å²) in [6.07, 6.45) is 5.61. The highest BCUT2D eigenvalue weighted by molar-refractivity contribution is 5.80. The van der Waals surface area contributed by atoms with Gasteiger partial charge in [0.15, 0.2) is 0 Å². The summed E-state index contributed by atoms with van der Waals surface area (Å²) in [5.41, 5.74) is 2.11. The van der Waals surface area contributed by atoms with Crippen LogP contribution in [0.4, 0.5) is 5.95 Å². The van der Waals surface area contributed by atoms with Gasteiger partial charge in [0.2, 0.25) is 11.9 Å². The van der Waals surface area contributed by atoms with Crippen LogP contribution < -0.4 is 5.32 Å². The van der Waals surface area contributed by atoms with Crippen molar-refractivity contribution in [2.45, 2.75) is 25.4 Å². The summed E-state index contributed by atoms with van der Waals surface area (Å²) in [5, 5.41) is 7.55. The van der Waals surface area contributed by atoms with Gasteiger partial charge in [0.1, 0.15) is 0 Å². The Hall–Kier alpha value is -2.44. The molecule has 0 aliphatic carbocycles. The second-order valence-electron chi connectivity index (χ2n) is 5.29. The maximum Gasteiger partial charge on any atom is 0.225 e. The molecule has 1 N–H and O–H groups in total. The Kier molecular flexibility index (Phi) is 3.32. The highest BCUT2D eigenvalue weighted by atomic mass is 16.2. The normalized spacial score (nSPS) is 21.9. The zero-order valence-corrected chi connectivity index (χ0v) is 12.3. The number of hydrogen-bond acceptors (Lipinski definition) is 5. The first-order chi connectivity index (χ1) is 10.1. The van der Waals surface area contributed by atoms with Crippen LogP contribution in [0, 0.1) is 6.92 Å². The Morgan fingerprint density at radius 3 is 2.62 bits per heavy atom. The van der Waals surface area contributed by atoms with Gasteiger partial charge in [-0.05, 0) is 13.0 Å². The molecule has 0 aromatic carbocycles. The van der Waals surface area contributed by atoms with Gasteiger partial charge >= 0.3 is 0 Å². The van der Waals surface area contributed by atoms with Gasteiger partial charge in [-0.2, -0.15) is 5.10 Å². The van der Waals surface area contributed by atoms with Crippen molar-refractivity contribution in [3.05, 3.63) is 35.9 Å². The SMILES string of the molecule is Cc1c([C@H]2[C@H](Nc3ncccn3)CC(=O)N2C)cnn1C. The molecule has 2 aromatic heterocycles. The molecule has 0 radical (unpaired) electrons. The molecule has 1 fully saturated rings. The summed E-state index contributed by atoms with van der Waals surface area (Å²) < 4.78 is 1.82. The fraction of sp³-hybridized carbons (Fsp3) is 0.429. The number of nitrogens with zero attached hydrogens (tertiary/aromatic N) is 5. The zero-order chi connectivity index (χ0) is 15.0. The van der Waals surface area contributed by atoms with E-state index in [1.165, 1.54) is 0 Å². The molecule has 0 unspecified atom stereocenters. The van der Waals surface area contributed by atoms with Gasteiger partial charge in [0.05, 0.1) is 18.3 Å². The van der Waals surface area contributed by atoms with E-state index < -0.39 is 0 Å². The fourth-order valence-corrected chi connectivity index (χ4v) is 2.77. The molecule has 3 rings (SSSR count). The topological polar surface area (TPSA) is 75.9 Å². The average Bonchev–Trinajstić information content (AvgIpc) is 2.93. The van der Waals surface area contributed by atoms with Crippen molar-refractivity contribution in [2.24, 2.45) is 7.05 Å². The Morgan fingerprint density at radius 1 is 1.29 bits per heavy atom. The van der Waals surface area contributed by atoms with E-state index >= 15 is 0 Å². The van der Waals surface area contributed by atoms with Crippen LogP contribution >= 0.6 is 0 Å². The number of amides is 1. The first-order valence-corrected chi connectivity index (χ1v) is 6.85. The fourth-order valence-electron chi connectivity index (χ4n) is 2.77. The molecular weight excluding hydrogens is 268 g/mol. The predicted octanol–water partition coefficient (Wildman–Crippen LogP) is 0.902. The third kappa shape index (κ3) is 2.35. The number of rotatable bonds is 3. The molecule has 21 heavy (non-hydrogen) atoms. The summed E-state index contributed by atoms with van der Waals surface area (Å²) in [5.74, 6) is 0.647. The molecule has 1 amide bonds. The largest absolute Gasteiger partial charge is 0.349 e. The van der Waals surface area contributed by atoms with Crippen molar-refractivity contribution >= 4 is 11.9 Å². The third-order valence-electron chi connectivity index (χ3n) is 4.06. The van der Waals surface area contributed by atoms with Gasteiger partial charge in [-0.25, -0.2) is 9.97 Å². The molecule has 110 valence electrons. The maximum atomic E-state index is 12.1. The van der Waals surface area contributed by atoms with Gasteiger partial charge in [-0.3, -0.25) is 9.48 Å². The van der Waals surface area contributed by atoms with Gasteiger partial charge in [0, 0.05) is 44.2 Å². The predicted molar refractivity (Wildman–Crippen MR) is 77.5 cm³/mol. The second kappa shape index (κ2) is 5.16. The minimum absolute atomic E-state index is 0.0602. The minimum Gasteiger partial charge on any atom is -0.349 e. The van der Waals surface area contributed by atoms with E-state index in [1.54, 1.807) is 23.4 Å². The molecule has 0 spiro atoms. The van der Waals surface area contributed by atoms with Crippen LogP contribution in [-0.2, 0) is 11.8 Å². The third-order valence-corrected chi connectivity index (χ3v) is 4.06. The van der Waals surface area contributed by atoms with Gasteiger partial charge in [-0.15, -0.1) is 0 Å². The van der Waals surface area contributed by atoms with Crippen LogP contribution in [0.2, 0.25) is 0 Å². The molecule has 2 aromatic rings. The van der Waals surface area contributed by atoms with Crippen molar-refractivity contribution in [2.75, 3.05) is 12.4 Å². The van der Waals surface area contributed by atoms with Gasteiger partial charge < -0.3 is 10.2 Å². The number of likely N-dealkylation sites (N-methyl/N-ethyl adjacent to an activating group) is 1. The number of aryl methyl sites for hydroxylation is 1. The number of aromatic nitrogens is 4. The summed E-state index contributed by atoms with van der Waals surface area (Å²) in [6.45, 7) is 2.01. The highest BCUT2D eigenvalue weighted by Crippen LogP contribution is 2.34. The smallest absolute Gasteiger partial charge is 0.225 e. The molecule has 1 saturated heterocycles. The van der Waals surface area contributed by atoms with E-state index in [0.29, 0.717) is 12.4 Å². The molecular formula is C14H18N6O. The summed E-state index contributed by atoms with van der Waals surface area (Å²) in [4.78, 5) is 22.2. The van der Waals surface area contributed by atoms with E-state index in [1.807, 2.05) is 31.9 Å². The number of hydrogen-bond donors (Lipinski definition) is 1. The van der Waals surface area contributed by atoms with Gasteiger partial charge in [-0.1, -0.05) is 0 Å².